The van der Waals surface area contributed by atoms with Crippen molar-refractivity contribution >= 4 is 23.3 Å². The summed E-state index contributed by atoms with van der Waals surface area (Å²) >= 11 is 5.97. The third-order valence-electron chi connectivity index (χ3n) is 4.89. The molecule has 0 bridgehead atoms. The molecule has 30 heavy (non-hydrogen) atoms. The summed E-state index contributed by atoms with van der Waals surface area (Å²) in [5.74, 6) is 0.309. The molecular weight excluding hydrogens is 409 g/mol. The molecular formula is C22H27ClFN3O3. The predicted molar refractivity (Wildman–Crippen MR) is 116 cm³/mol. The van der Waals surface area contributed by atoms with Crippen LogP contribution in [-0.4, -0.2) is 49.9 Å². The molecule has 1 saturated heterocycles. The van der Waals surface area contributed by atoms with Crippen LogP contribution in [0.4, 0.5) is 14.9 Å². The molecule has 3 N–H and O–H groups in total. The van der Waals surface area contributed by atoms with Crippen molar-refractivity contribution in [3.63, 3.8) is 0 Å². The predicted octanol–water partition coefficient (Wildman–Crippen LogP) is 4.07. The minimum atomic E-state index is -0.668. The first-order valence-corrected chi connectivity index (χ1v) is 10.4. The second-order valence-electron chi connectivity index (χ2n) is 7.31. The number of hydrogen-bond donors (Lipinski definition) is 2. The summed E-state index contributed by atoms with van der Waals surface area (Å²) in [6.45, 7) is 3.89. The van der Waals surface area contributed by atoms with E-state index in [1.54, 1.807) is 18.2 Å². The fourth-order valence-corrected chi connectivity index (χ4v) is 3.68. The third kappa shape index (κ3) is 7.16. The molecule has 1 atom stereocenters. The van der Waals surface area contributed by atoms with Crippen molar-refractivity contribution in [2.45, 2.75) is 25.4 Å². The van der Waals surface area contributed by atoms with Crippen molar-refractivity contribution in [2.75, 3.05) is 38.2 Å². The van der Waals surface area contributed by atoms with Crippen LogP contribution in [0.3, 0.4) is 0 Å². The van der Waals surface area contributed by atoms with Crippen LogP contribution in [0.5, 0.6) is 5.75 Å². The van der Waals surface area contributed by atoms with Gasteiger partial charge in [-0.1, -0.05) is 23.7 Å². The Morgan fingerprint density at radius 3 is 2.87 bits per heavy atom. The summed E-state index contributed by atoms with van der Waals surface area (Å²) in [5, 5.41) is 3.01. The highest BCUT2D eigenvalue weighted by Crippen LogP contribution is 2.28. The van der Waals surface area contributed by atoms with Crippen molar-refractivity contribution in [3.05, 3.63) is 58.9 Å². The Labute approximate surface area is 181 Å². The normalized spacial score (nSPS) is 17.3. The molecule has 162 valence electrons. The first-order valence-electron chi connectivity index (χ1n) is 10.1. The number of urea groups is 1. The van der Waals surface area contributed by atoms with Crippen molar-refractivity contribution in [3.8, 4) is 5.75 Å². The molecule has 0 aliphatic carbocycles. The molecule has 2 amide bonds. The number of primary amides is 1. The van der Waals surface area contributed by atoms with Gasteiger partial charge in [-0.15, -0.1) is 0 Å². The number of benzene rings is 2. The Morgan fingerprint density at radius 2 is 2.10 bits per heavy atom. The van der Waals surface area contributed by atoms with Crippen molar-refractivity contribution in [1.29, 1.82) is 0 Å². The van der Waals surface area contributed by atoms with E-state index in [1.807, 2.05) is 12.1 Å². The van der Waals surface area contributed by atoms with Gasteiger partial charge >= 0.3 is 6.03 Å². The molecule has 2 aromatic rings. The highest BCUT2D eigenvalue weighted by Gasteiger charge is 2.19. The smallest absolute Gasteiger partial charge is 0.316 e. The van der Waals surface area contributed by atoms with E-state index in [-0.39, 0.29) is 11.9 Å². The summed E-state index contributed by atoms with van der Waals surface area (Å²) in [6, 6.07) is 10.9. The number of rotatable bonds is 8. The van der Waals surface area contributed by atoms with E-state index in [2.05, 4.69) is 10.2 Å². The summed E-state index contributed by atoms with van der Waals surface area (Å²) in [4.78, 5) is 13.5. The van der Waals surface area contributed by atoms with Crippen LogP contribution in [0, 0.1) is 5.82 Å². The number of amides is 2. The lowest BCUT2D eigenvalue weighted by Gasteiger charge is -2.24. The number of hydrogen-bond acceptors (Lipinski definition) is 4. The van der Waals surface area contributed by atoms with Gasteiger partial charge in [0.15, 0.2) is 0 Å². The fraction of sp³-hybridized carbons (Fsp3) is 0.409. The molecule has 0 radical (unpaired) electrons. The second kappa shape index (κ2) is 11.2. The van der Waals surface area contributed by atoms with Crippen LogP contribution in [0.1, 0.15) is 18.4 Å². The monoisotopic (exact) mass is 435 g/mol. The number of nitrogens with zero attached hydrogens (tertiary/aromatic N) is 1. The number of carbonyl (C=O) groups is 1. The van der Waals surface area contributed by atoms with Crippen molar-refractivity contribution in [2.24, 2.45) is 5.73 Å². The highest BCUT2D eigenvalue weighted by molar-refractivity contribution is 6.31. The number of carbonyl (C=O) groups excluding carboxylic acids is 1. The Bertz CT molecular complexity index is 835. The first-order chi connectivity index (χ1) is 14.5. The average Bonchev–Trinajstić information content (AvgIpc) is 2.93. The maximum absolute atomic E-state index is 13.1. The lowest BCUT2D eigenvalue weighted by Crippen LogP contribution is -2.34. The van der Waals surface area contributed by atoms with E-state index in [4.69, 9.17) is 26.8 Å². The minimum Gasteiger partial charge on any atom is -0.491 e. The van der Waals surface area contributed by atoms with Crippen molar-refractivity contribution in [1.82, 2.24) is 4.90 Å². The lowest BCUT2D eigenvalue weighted by atomic mass is 10.1. The van der Waals surface area contributed by atoms with E-state index in [0.29, 0.717) is 23.1 Å². The third-order valence-corrected chi connectivity index (χ3v) is 5.12. The topological polar surface area (TPSA) is 76.8 Å². The highest BCUT2D eigenvalue weighted by atomic mass is 35.5. The van der Waals surface area contributed by atoms with E-state index >= 15 is 0 Å². The zero-order valence-electron chi connectivity index (χ0n) is 16.8. The molecule has 1 aliphatic rings. The van der Waals surface area contributed by atoms with E-state index in [1.165, 1.54) is 12.1 Å². The molecule has 0 saturated carbocycles. The molecule has 1 unspecified atom stereocenters. The molecule has 1 fully saturated rings. The summed E-state index contributed by atoms with van der Waals surface area (Å²) in [5.41, 5.74) is 6.73. The number of halogens is 2. The quantitative estimate of drug-likeness (QED) is 0.613. The summed E-state index contributed by atoms with van der Waals surface area (Å²) in [6.07, 6.45) is 2.65. The maximum atomic E-state index is 13.1. The Kier molecular flexibility index (Phi) is 8.30. The first kappa shape index (κ1) is 22.3. The average molecular weight is 436 g/mol. The number of nitrogens with one attached hydrogen (secondary N) is 1. The molecule has 1 aliphatic heterocycles. The van der Waals surface area contributed by atoms with Crippen LogP contribution in [0.25, 0.3) is 0 Å². The molecule has 8 heteroatoms. The van der Waals surface area contributed by atoms with E-state index in [9.17, 15) is 9.18 Å². The Morgan fingerprint density at radius 1 is 1.30 bits per heavy atom. The van der Waals surface area contributed by atoms with Gasteiger partial charge in [-0.3, -0.25) is 0 Å². The standard InChI is InChI=1S/C22H27ClFN3O3/c23-17-5-8-21(20(14-17)26-22(25)28)30-12-2-10-27-9-1-11-29-19(15-27)13-16-3-6-18(24)7-4-16/h3-8,14,19H,1-2,9-13,15H2,(H3,25,26,28). The van der Waals surface area contributed by atoms with Crippen LogP contribution in [0.15, 0.2) is 42.5 Å². The van der Waals surface area contributed by atoms with E-state index < -0.39 is 6.03 Å². The van der Waals surface area contributed by atoms with Gasteiger partial charge in [-0.2, -0.15) is 0 Å². The summed E-state index contributed by atoms with van der Waals surface area (Å²) in [7, 11) is 0. The largest absolute Gasteiger partial charge is 0.491 e. The minimum absolute atomic E-state index is 0.0847. The molecule has 6 nitrogen and oxygen atoms in total. The van der Waals surface area contributed by atoms with Crippen LogP contribution in [0.2, 0.25) is 5.02 Å². The number of anilines is 1. The van der Waals surface area contributed by atoms with Gasteiger partial charge in [0.1, 0.15) is 11.6 Å². The molecule has 0 spiro atoms. The van der Waals surface area contributed by atoms with Gasteiger partial charge in [0.05, 0.1) is 18.4 Å². The van der Waals surface area contributed by atoms with E-state index in [0.717, 1.165) is 51.1 Å². The van der Waals surface area contributed by atoms with Crippen LogP contribution in [-0.2, 0) is 11.2 Å². The van der Waals surface area contributed by atoms with Gasteiger partial charge in [-0.25, -0.2) is 9.18 Å². The fourth-order valence-electron chi connectivity index (χ4n) is 3.51. The zero-order chi connectivity index (χ0) is 21.3. The van der Waals surface area contributed by atoms with Crippen LogP contribution >= 0.6 is 11.6 Å². The number of nitrogens with two attached hydrogens (primary N) is 1. The lowest BCUT2D eigenvalue weighted by molar-refractivity contribution is 0.0541. The number of ether oxygens (including phenoxy) is 2. The van der Waals surface area contributed by atoms with Gasteiger partial charge in [0.2, 0.25) is 0 Å². The zero-order valence-corrected chi connectivity index (χ0v) is 17.5. The molecule has 0 aromatic heterocycles. The molecule has 2 aromatic carbocycles. The van der Waals surface area contributed by atoms with Gasteiger partial charge in [0.25, 0.3) is 0 Å². The molecule has 1 heterocycles. The maximum Gasteiger partial charge on any atom is 0.316 e. The Balaban J connectivity index is 1.47. The molecule has 3 rings (SSSR count). The SMILES string of the molecule is NC(=O)Nc1cc(Cl)ccc1OCCCN1CCCOC(Cc2ccc(F)cc2)C1. The Hall–Kier alpha value is -2.35. The van der Waals surface area contributed by atoms with Gasteiger partial charge < -0.3 is 25.4 Å². The van der Waals surface area contributed by atoms with Gasteiger partial charge in [0, 0.05) is 31.3 Å². The second-order valence-corrected chi connectivity index (χ2v) is 7.75. The van der Waals surface area contributed by atoms with Crippen molar-refractivity contribution < 1.29 is 18.7 Å². The summed E-state index contributed by atoms with van der Waals surface area (Å²) < 4.78 is 24.9. The van der Waals surface area contributed by atoms with Gasteiger partial charge in [-0.05, 0) is 55.2 Å². The van der Waals surface area contributed by atoms with Crippen LogP contribution < -0.4 is 15.8 Å².